The number of nitrogens with zero attached hydrogens (tertiary/aromatic N) is 3. The Morgan fingerprint density at radius 1 is 1.61 bits per heavy atom. The first-order valence-electron chi connectivity index (χ1n) is 5.71. The summed E-state index contributed by atoms with van der Waals surface area (Å²) < 4.78 is 6.58. The van der Waals surface area contributed by atoms with E-state index in [0.29, 0.717) is 26.2 Å². The van der Waals surface area contributed by atoms with E-state index in [9.17, 15) is 4.79 Å². The molecule has 7 nitrogen and oxygen atoms in total. The van der Waals surface area contributed by atoms with Crippen LogP contribution in [0.5, 0.6) is 0 Å². The summed E-state index contributed by atoms with van der Waals surface area (Å²) >= 11 is 0. The standard InChI is InChI=1S/C11H19N3O4/c1-18-5-3-13(9-11(16)17)7-10-6-12-14(8-10)2-4-15/h6,8,15H,2-5,7,9H2,1H3,(H,16,17). The van der Waals surface area contributed by atoms with Gasteiger partial charge in [0, 0.05) is 32.0 Å². The van der Waals surface area contributed by atoms with Crippen LogP contribution in [0.1, 0.15) is 5.56 Å². The van der Waals surface area contributed by atoms with E-state index in [0.717, 1.165) is 5.56 Å². The van der Waals surface area contributed by atoms with E-state index >= 15 is 0 Å². The molecule has 0 atom stereocenters. The zero-order valence-electron chi connectivity index (χ0n) is 10.4. The zero-order valence-corrected chi connectivity index (χ0v) is 10.4. The van der Waals surface area contributed by atoms with Crippen molar-refractivity contribution in [1.29, 1.82) is 0 Å². The lowest BCUT2D eigenvalue weighted by molar-refractivity contribution is -0.138. The number of aromatic nitrogens is 2. The third-order valence-corrected chi connectivity index (χ3v) is 2.39. The van der Waals surface area contributed by atoms with Crippen LogP contribution in [0.15, 0.2) is 12.4 Å². The number of hydrogen-bond acceptors (Lipinski definition) is 5. The van der Waals surface area contributed by atoms with E-state index in [1.54, 1.807) is 29.1 Å². The first-order valence-corrected chi connectivity index (χ1v) is 5.71. The second-order valence-corrected chi connectivity index (χ2v) is 3.93. The average Bonchev–Trinajstić information content (AvgIpc) is 2.73. The molecule has 0 saturated carbocycles. The summed E-state index contributed by atoms with van der Waals surface area (Å²) in [7, 11) is 1.58. The van der Waals surface area contributed by atoms with Crippen LogP contribution in [-0.4, -0.2) is 64.3 Å². The Labute approximate surface area is 106 Å². The molecule has 0 aliphatic rings. The lowest BCUT2D eigenvalue weighted by Crippen LogP contribution is -2.32. The number of aliphatic hydroxyl groups excluding tert-OH is 1. The molecule has 1 aromatic rings. The van der Waals surface area contributed by atoms with Crippen LogP contribution >= 0.6 is 0 Å². The van der Waals surface area contributed by atoms with Gasteiger partial charge in [-0.2, -0.15) is 5.10 Å². The molecule has 0 fully saturated rings. The Bertz CT molecular complexity index is 367. The van der Waals surface area contributed by atoms with Gasteiger partial charge in [-0.25, -0.2) is 0 Å². The number of ether oxygens (including phenoxy) is 1. The minimum atomic E-state index is -0.867. The Morgan fingerprint density at radius 2 is 2.39 bits per heavy atom. The maximum atomic E-state index is 10.7. The Kier molecular flexibility index (Phi) is 6.34. The lowest BCUT2D eigenvalue weighted by Gasteiger charge is -2.18. The second-order valence-electron chi connectivity index (χ2n) is 3.93. The molecular formula is C11H19N3O4. The van der Waals surface area contributed by atoms with E-state index in [-0.39, 0.29) is 13.2 Å². The first kappa shape index (κ1) is 14.6. The third-order valence-electron chi connectivity index (χ3n) is 2.39. The molecule has 102 valence electrons. The largest absolute Gasteiger partial charge is 0.480 e. The van der Waals surface area contributed by atoms with Crippen LogP contribution in [0.2, 0.25) is 0 Å². The summed E-state index contributed by atoms with van der Waals surface area (Å²) in [6.45, 7) is 1.97. The minimum Gasteiger partial charge on any atom is -0.480 e. The van der Waals surface area contributed by atoms with Crippen molar-refractivity contribution in [1.82, 2.24) is 14.7 Å². The maximum Gasteiger partial charge on any atom is 0.317 e. The molecule has 1 rings (SSSR count). The molecule has 0 aromatic carbocycles. The van der Waals surface area contributed by atoms with Crippen molar-refractivity contribution in [3.63, 3.8) is 0 Å². The Morgan fingerprint density at radius 3 is 3.00 bits per heavy atom. The van der Waals surface area contributed by atoms with Crippen LogP contribution < -0.4 is 0 Å². The summed E-state index contributed by atoms with van der Waals surface area (Å²) in [5.74, 6) is -0.867. The average molecular weight is 257 g/mol. The molecule has 0 aliphatic carbocycles. The second kappa shape index (κ2) is 7.80. The molecule has 0 aliphatic heterocycles. The van der Waals surface area contributed by atoms with Gasteiger partial charge in [0.15, 0.2) is 0 Å². The smallest absolute Gasteiger partial charge is 0.317 e. The van der Waals surface area contributed by atoms with Crippen LogP contribution in [0.4, 0.5) is 0 Å². The molecule has 2 N–H and O–H groups in total. The highest BCUT2D eigenvalue weighted by molar-refractivity contribution is 5.69. The molecule has 18 heavy (non-hydrogen) atoms. The van der Waals surface area contributed by atoms with Gasteiger partial charge < -0.3 is 14.9 Å². The van der Waals surface area contributed by atoms with Gasteiger partial charge in [-0.1, -0.05) is 0 Å². The van der Waals surface area contributed by atoms with Crippen LogP contribution in [0, 0.1) is 0 Å². The van der Waals surface area contributed by atoms with Gasteiger partial charge in [0.25, 0.3) is 0 Å². The Hall–Kier alpha value is -1.44. The summed E-state index contributed by atoms with van der Waals surface area (Å²) in [4.78, 5) is 12.5. The van der Waals surface area contributed by atoms with Gasteiger partial charge in [0.1, 0.15) is 0 Å². The molecule has 7 heteroatoms. The van der Waals surface area contributed by atoms with Crippen molar-refractivity contribution in [2.45, 2.75) is 13.1 Å². The molecule has 1 aromatic heterocycles. The third kappa shape index (κ3) is 5.26. The van der Waals surface area contributed by atoms with Gasteiger partial charge in [0.05, 0.1) is 32.5 Å². The number of aliphatic carboxylic acids is 1. The van der Waals surface area contributed by atoms with Crippen molar-refractivity contribution in [2.24, 2.45) is 0 Å². The van der Waals surface area contributed by atoms with Gasteiger partial charge in [-0.05, 0) is 0 Å². The van der Waals surface area contributed by atoms with Crippen molar-refractivity contribution >= 4 is 5.97 Å². The van der Waals surface area contributed by atoms with Gasteiger partial charge in [-0.15, -0.1) is 0 Å². The Balaban J connectivity index is 2.54. The monoisotopic (exact) mass is 257 g/mol. The highest BCUT2D eigenvalue weighted by Crippen LogP contribution is 2.03. The molecular weight excluding hydrogens is 238 g/mol. The molecule has 0 bridgehead atoms. The zero-order chi connectivity index (χ0) is 13.4. The van der Waals surface area contributed by atoms with E-state index < -0.39 is 5.97 Å². The van der Waals surface area contributed by atoms with E-state index in [1.165, 1.54) is 0 Å². The fourth-order valence-corrected chi connectivity index (χ4v) is 1.60. The number of aliphatic hydroxyl groups is 1. The van der Waals surface area contributed by atoms with Gasteiger partial charge >= 0.3 is 5.97 Å². The van der Waals surface area contributed by atoms with Gasteiger partial charge in [0.2, 0.25) is 0 Å². The number of carboxylic acid groups (broad SMARTS) is 1. The van der Waals surface area contributed by atoms with E-state index in [1.807, 2.05) is 0 Å². The van der Waals surface area contributed by atoms with E-state index in [2.05, 4.69) is 5.10 Å². The minimum absolute atomic E-state index is 0.0314. The molecule has 0 amide bonds. The predicted molar refractivity (Wildman–Crippen MR) is 64.1 cm³/mol. The van der Waals surface area contributed by atoms with Gasteiger partial charge in [-0.3, -0.25) is 14.4 Å². The molecule has 0 unspecified atom stereocenters. The fourth-order valence-electron chi connectivity index (χ4n) is 1.60. The number of methoxy groups -OCH3 is 1. The summed E-state index contributed by atoms with van der Waals surface area (Å²) in [6, 6.07) is 0. The molecule has 0 spiro atoms. The van der Waals surface area contributed by atoms with Crippen LogP contribution in [0.25, 0.3) is 0 Å². The van der Waals surface area contributed by atoms with Crippen molar-refractivity contribution < 1.29 is 19.7 Å². The quantitative estimate of drug-likeness (QED) is 0.614. The van der Waals surface area contributed by atoms with Crippen molar-refractivity contribution in [2.75, 3.05) is 33.4 Å². The highest BCUT2D eigenvalue weighted by atomic mass is 16.5. The SMILES string of the molecule is COCCN(CC(=O)O)Cc1cnn(CCO)c1. The number of carboxylic acids is 1. The molecule has 0 radical (unpaired) electrons. The highest BCUT2D eigenvalue weighted by Gasteiger charge is 2.11. The van der Waals surface area contributed by atoms with Crippen LogP contribution in [-0.2, 0) is 22.6 Å². The first-order chi connectivity index (χ1) is 8.65. The number of carbonyl (C=O) groups is 1. The van der Waals surface area contributed by atoms with Crippen molar-refractivity contribution in [3.05, 3.63) is 18.0 Å². The molecule has 0 saturated heterocycles. The van der Waals surface area contributed by atoms with Crippen LogP contribution in [0.3, 0.4) is 0 Å². The number of rotatable bonds is 9. The lowest BCUT2D eigenvalue weighted by atomic mass is 10.3. The summed E-state index contributed by atoms with van der Waals surface area (Å²) in [5, 5.41) is 21.7. The fraction of sp³-hybridized carbons (Fsp3) is 0.636. The summed E-state index contributed by atoms with van der Waals surface area (Å²) in [5.41, 5.74) is 0.917. The van der Waals surface area contributed by atoms with E-state index in [4.69, 9.17) is 14.9 Å². The molecule has 1 heterocycles. The predicted octanol–water partition coefficient (Wildman–Crippen LogP) is -0.592. The normalized spacial score (nSPS) is 11.1. The number of hydrogen-bond donors (Lipinski definition) is 2. The maximum absolute atomic E-state index is 10.7. The van der Waals surface area contributed by atoms with Crippen molar-refractivity contribution in [3.8, 4) is 0 Å². The topological polar surface area (TPSA) is 87.8 Å². The summed E-state index contributed by atoms with van der Waals surface area (Å²) in [6.07, 6.45) is 3.48.